The minimum Gasteiger partial charge on any atom is -0.481 e. The summed E-state index contributed by atoms with van der Waals surface area (Å²) in [6.07, 6.45) is -0.750. The number of nitrogens with zero attached hydrogens (tertiary/aromatic N) is 1. The predicted molar refractivity (Wildman–Crippen MR) is 84.8 cm³/mol. The van der Waals surface area contributed by atoms with Crippen LogP contribution < -0.4 is 15.8 Å². The number of ether oxygens (including phenoxy) is 1. The number of nitrogens with two attached hydrogens (primary N) is 1. The largest absolute Gasteiger partial charge is 0.481 e. The summed E-state index contributed by atoms with van der Waals surface area (Å²) in [7, 11) is 0. The van der Waals surface area contributed by atoms with Gasteiger partial charge in [0.25, 0.3) is 5.91 Å². The van der Waals surface area contributed by atoms with Gasteiger partial charge in [-0.15, -0.1) is 0 Å². The molecule has 0 aliphatic heterocycles. The summed E-state index contributed by atoms with van der Waals surface area (Å²) in [4.78, 5) is 23.1. The van der Waals surface area contributed by atoms with E-state index in [-0.39, 0.29) is 5.91 Å². The second kappa shape index (κ2) is 7.09. The van der Waals surface area contributed by atoms with Crippen molar-refractivity contribution in [1.82, 2.24) is 0 Å². The third-order valence-corrected chi connectivity index (χ3v) is 3.08. The van der Waals surface area contributed by atoms with Crippen molar-refractivity contribution < 1.29 is 14.3 Å². The average molecular weight is 309 g/mol. The zero-order valence-electron chi connectivity index (χ0n) is 12.4. The highest BCUT2D eigenvalue weighted by molar-refractivity contribution is 5.96. The number of rotatable bonds is 5. The molecule has 0 saturated heterocycles. The molecule has 0 heterocycles. The number of primary amides is 1. The van der Waals surface area contributed by atoms with Crippen molar-refractivity contribution in [2.75, 3.05) is 5.32 Å². The molecule has 6 nitrogen and oxygen atoms in total. The smallest absolute Gasteiger partial charge is 0.265 e. The van der Waals surface area contributed by atoms with Crippen LogP contribution in [0.4, 0.5) is 5.69 Å². The number of amides is 2. The quantitative estimate of drug-likeness (QED) is 0.881. The number of anilines is 1. The van der Waals surface area contributed by atoms with Gasteiger partial charge in [-0.2, -0.15) is 5.26 Å². The first-order valence-corrected chi connectivity index (χ1v) is 6.87. The third kappa shape index (κ3) is 4.32. The Hall–Kier alpha value is -3.33. The Kier molecular flexibility index (Phi) is 4.95. The minimum absolute atomic E-state index is 0.348. The normalized spacial score (nSPS) is 11.1. The molecule has 0 fully saturated rings. The summed E-state index contributed by atoms with van der Waals surface area (Å²) in [6.45, 7) is 1.60. The highest BCUT2D eigenvalue weighted by atomic mass is 16.5. The first kappa shape index (κ1) is 16.0. The van der Waals surface area contributed by atoms with Gasteiger partial charge in [-0.05, 0) is 49.4 Å². The monoisotopic (exact) mass is 309 g/mol. The Morgan fingerprint density at radius 2 is 1.91 bits per heavy atom. The van der Waals surface area contributed by atoms with Crippen LogP contribution >= 0.6 is 0 Å². The van der Waals surface area contributed by atoms with Crippen LogP contribution in [0.15, 0.2) is 48.5 Å². The number of carbonyl (C=O) groups excluding carboxylic acids is 2. The minimum atomic E-state index is -0.750. The Morgan fingerprint density at radius 1 is 1.22 bits per heavy atom. The van der Waals surface area contributed by atoms with Crippen LogP contribution in [0.2, 0.25) is 0 Å². The van der Waals surface area contributed by atoms with Crippen molar-refractivity contribution in [1.29, 1.82) is 5.26 Å². The van der Waals surface area contributed by atoms with Crippen LogP contribution in [0.5, 0.6) is 5.75 Å². The summed E-state index contributed by atoms with van der Waals surface area (Å²) in [5, 5.41) is 11.5. The van der Waals surface area contributed by atoms with Crippen molar-refractivity contribution in [3.8, 4) is 11.8 Å². The molecule has 2 aromatic rings. The molecule has 1 atom stereocenters. The highest BCUT2D eigenvalue weighted by Crippen LogP contribution is 2.15. The lowest BCUT2D eigenvalue weighted by Crippen LogP contribution is -2.30. The molecule has 0 spiro atoms. The first-order valence-electron chi connectivity index (χ1n) is 6.87. The zero-order valence-corrected chi connectivity index (χ0v) is 12.4. The van der Waals surface area contributed by atoms with Crippen LogP contribution in [-0.2, 0) is 4.79 Å². The lowest BCUT2D eigenvalue weighted by molar-refractivity contribution is -0.122. The van der Waals surface area contributed by atoms with Crippen molar-refractivity contribution in [3.63, 3.8) is 0 Å². The fraction of sp³-hybridized carbons (Fsp3) is 0.118. The Labute approximate surface area is 133 Å². The number of hydrogen-bond donors (Lipinski definition) is 2. The molecule has 2 aromatic carbocycles. The van der Waals surface area contributed by atoms with Crippen LogP contribution in [0.1, 0.15) is 22.8 Å². The predicted octanol–water partition coefficient (Wildman–Crippen LogP) is 2.06. The van der Waals surface area contributed by atoms with Crippen molar-refractivity contribution >= 4 is 17.5 Å². The molecule has 0 aliphatic rings. The van der Waals surface area contributed by atoms with Crippen molar-refractivity contribution in [3.05, 3.63) is 59.7 Å². The van der Waals surface area contributed by atoms with Crippen LogP contribution in [0.25, 0.3) is 0 Å². The van der Waals surface area contributed by atoms with E-state index in [0.29, 0.717) is 22.6 Å². The van der Waals surface area contributed by atoms with E-state index in [9.17, 15) is 9.59 Å². The van der Waals surface area contributed by atoms with E-state index in [2.05, 4.69) is 5.32 Å². The lowest BCUT2D eigenvalue weighted by atomic mass is 10.2. The van der Waals surface area contributed by atoms with E-state index in [1.165, 1.54) is 12.1 Å². The molecule has 0 saturated carbocycles. The van der Waals surface area contributed by atoms with Gasteiger partial charge in [0.15, 0.2) is 6.10 Å². The van der Waals surface area contributed by atoms with Crippen LogP contribution in [0, 0.1) is 11.3 Å². The highest BCUT2D eigenvalue weighted by Gasteiger charge is 2.15. The van der Waals surface area contributed by atoms with Gasteiger partial charge < -0.3 is 15.8 Å². The summed E-state index contributed by atoms with van der Waals surface area (Å²) < 4.78 is 5.52. The number of nitriles is 1. The fourth-order valence-electron chi connectivity index (χ4n) is 1.86. The summed E-state index contributed by atoms with van der Waals surface area (Å²) in [5.74, 6) is -0.438. The summed E-state index contributed by atoms with van der Waals surface area (Å²) >= 11 is 0. The van der Waals surface area contributed by atoms with Gasteiger partial charge in [-0.25, -0.2) is 0 Å². The molecule has 6 heteroatoms. The molecule has 2 rings (SSSR count). The van der Waals surface area contributed by atoms with Gasteiger partial charge in [0.1, 0.15) is 5.75 Å². The van der Waals surface area contributed by atoms with Gasteiger partial charge in [0.05, 0.1) is 11.6 Å². The topological polar surface area (TPSA) is 105 Å². The lowest BCUT2D eigenvalue weighted by Gasteiger charge is -2.15. The molecule has 23 heavy (non-hydrogen) atoms. The molecule has 0 aromatic heterocycles. The molecule has 0 unspecified atom stereocenters. The SMILES string of the molecule is C[C@@H](Oc1cccc(C#N)c1)C(=O)Nc1ccc(C(N)=O)cc1. The Morgan fingerprint density at radius 3 is 2.52 bits per heavy atom. The number of nitrogens with one attached hydrogen (secondary N) is 1. The maximum atomic E-state index is 12.1. The maximum Gasteiger partial charge on any atom is 0.265 e. The standard InChI is InChI=1S/C17H15N3O3/c1-11(23-15-4-2-3-12(9-15)10-18)17(22)20-14-7-5-13(6-8-14)16(19)21/h2-9,11H,1H3,(H2,19,21)(H,20,22)/t11-/m1/s1. The Balaban J connectivity index is 1.99. The van der Waals surface area contributed by atoms with E-state index in [1.54, 1.807) is 43.3 Å². The van der Waals surface area contributed by atoms with Crippen LogP contribution in [0.3, 0.4) is 0 Å². The van der Waals surface area contributed by atoms with Gasteiger partial charge in [0, 0.05) is 11.3 Å². The third-order valence-electron chi connectivity index (χ3n) is 3.08. The van der Waals surface area contributed by atoms with E-state index in [0.717, 1.165) is 0 Å². The van der Waals surface area contributed by atoms with Gasteiger partial charge in [-0.3, -0.25) is 9.59 Å². The average Bonchev–Trinajstić information content (AvgIpc) is 2.55. The fourth-order valence-corrected chi connectivity index (χ4v) is 1.86. The molecule has 0 bridgehead atoms. The molecule has 3 N–H and O–H groups in total. The number of carbonyl (C=O) groups is 2. The first-order chi connectivity index (χ1) is 11.0. The Bertz CT molecular complexity index is 763. The zero-order chi connectivity index (χ0) is 16.8. The van der Waals surface area contributed by atoms with Crippen molar-refractivity contribution in [2.24, 2.45) is 5.73 Å². The van der Waals surface area contributed by atoms with Gasteiger partial charge in [-0.1, -0.05) is 6.07 Å². The molecule has 0 aliphatic carbocycles. The molecule has 0 radical (unpaired) electrons. The van der Waals surface area contributed by atoms with E-state index in [1.807, 2.05) is 6.07 Å². The maximum absolute atomic E-state index is 12.1. The second-order valence-corrected chi connectivity index (χ2v) is 4.83. The molecular formula is C17H15N3O3. The van der Waals surface area contributed by atoms with Crippen molar-refractivity contribution in [2.45, 2.75) is 13.0 Å². The second-order valence-electron chi connectivity index (χ2n) is 4.83. The van der Waals surface area contributed by atoms with Crippen LogP contribution in [-0.4, -0.2) is 17.9 Å². The van der Waals surface area contributed by atoms with E-state index < -0.39 is 12.0 Å². The number of benzene rings is 2. The number of hydrogen-bond acceptors (Lipinski definition) is 4. The van der Waals surface area contributed by atoms with Gasteiger partial charge >= 0.3 is 0 Å². The van der Waals surface area contributed by atoms with E-state index >= 15 is 0 Å². The summed E-state index contributed by atoms with van der Waals surface area (Å²) in [6, 6.07) is 14.8. The summed E-state index contributed by atoms with van der Waals surface area (Å²) in [5.41, 5.74) is 6.50. The molecule has 2 amide bonds. The molecule has 116 valence electrons. The van der Waals surface area contributed by atoms with E-state index in [4.69, 9.17) is 15.7 Å². The van der Waals surface area contributed by atoms with Gasteiger partial charge in [0.2, 0.25) is 5.91 Å². The molecular weight excluding hydrogens is 294 g/mol.